The first-order valence-electron chi connectivity index (χ1n) is 25.0. The number of Topliss-reactive ketones (excluding diaryl/α,β-unsaturated/α-hetero) is 1. The van der Waals surface area contributed by atoms with Gasteiger partial charge in [-0.2, -0.15) is 0 Å². The third kappa shape index (κ3) is 11.4. The predicted octanol–water partition coefficient (Wildman–Crippen LogP) is 6.21. The van der Waals surface area contributed by atoms with Crippen molar-refractivity contribution in [2.24, 2.45) is 28.6 Å². The number of carbonyl (C=O) groups excluding carboxylic acids is 4. The molecule has 5 aliphatic heterocycles. The largest absolute Gasteiger partial charge is 0.493 e. The molecular formula is C52H80N4O11S. The summed E-state index contributed by atoms with van der Waals surface area (Å²) in [6.07, 6.45) is 5.04. The summed E-state index contributed by atoms with van der Waals surface area (Å²) >= 11 is 1.52. The van der Waals surface area contributed by atoms with Gasteiger partial charge in [-0.05, 0) is 121 Å². The van der Waals surface area contributed by atoms with Crippen molar-refractivity contribution in [1.82, 2.24) is 20.0 Å². The van der Waals surface area contributed by atoms with Crippen molar-refractivity contribution < 1.29 is 53.5 Å². The number of rotatable bonds is 22. The number of thioether (sulfide) groups is 1. The number of carboxylic acids is 1. The van der Waals surface area contributed by atoms with Crippen LogP contribution in [-0.2, 0) is 35.1 Å². The average molecular weight is 969 g/mol. The van der Waals surface area contributed by atoms with E-state index >= 15 is 0 Å². The third-order valence-electron chi connectivity index (χ3n) is 16.1. The van der Waals surface area contributed by atoms with Crippen LogP contribution in [0.25, 0.3) is 0 Å². The second kappa shape index (κ2) is 21.7. The summed E-state index contributed by atoms with van der Waals surface area (Å²) in [5.74, 6) is -2.69. The topological polar surface area (TPSA) is 195 Å². The van der Waals surface area contributed by atoms with Crippen molar-refractivity contribution in [3.05, 3.63) is 34.4 Å². The number of amides is 2. The highest BCUT2D eigenvalue weighted by atomic mass is 32.2. The number of ether oxygens (including phenoxy) is 3. The fourth-order valence-corrected chi connectivity index (χ4v) is 12.9. The Morgan fingerprint density at radius 3 is 2.31 bits per heavy atom. The number of aryl methyl sites for hydroxylation is 1. The summed E-state index contributed by atoms with van der Waals surface area (Å²) in [5.41, 5.74) is -0.571. The molecule has 0 aromatic heterocycles. The van der Waals surface area contributed by atoms with Crippen molar-refractivity contribution >= 4 is 41.3 Å². The Labute approximate surface area is 408 Å². The van der Waals surface area contributed by atoms with Gasteiger partial charge in [0.05, 0.1) is 38.4 Å². The number of piperidine rings is 1. The van der Waals surface area contributed by atoms with Crippen molar-refractivity contribution in [3.63, 3.8) is 0 Å². The molecular weight excluding hydrogens is 889 g/mol. The molecule has 0 spiro atoms. The molecule has 15 nitrogen and oxygen atoms in total. The fraction of sp³-hybridized carbons (Fsp3) is 0.750. The third-order valence-corrected chi connectivity index (χ3v) is 17.6. The summed E-state index contributed by atoms with van der Waals surface area (Å²) in [5, 5.41) is 36.3. The number of nitrogens with zero attached hydrogens (tertiary/aromatic N) is 3. The lowest BCUT2D eigenvalue weighted by Crippen LogP contribution is -2.63. The lowest BCUT2D eigenvalue weighted by Gasteiger charge is -2.46. The number of nitrogens with one attached hydrogen (secondary N) is 1. The zero-order valence-electron chi connectivity index (χ0n) is 42.5. The summed E-state index contributed by atoms with van der Waals surface area (Å²) in [7, 11) is 3.19. The molecule has 5 aliphatic rings. The molecule has 4 saturated heterocycles. The van der Waals surface area contributed by atoms with Crippen molar-refractivity contribution in [3.8, 4) is 11.5 Å². The normalized spacial score (nSPS) is 27.1. The van der Waals surface area contributed by atoms with E-state index in [1.807, 2.05) is 32.0 Å². The van der Waals surface area contributed by atoms with Crippen LogP contribution in [-0.4, -0.2) is 147 Å². The average Bonchev–Trinajstić information content (AvgIpc) is 4.05. The SMILES string of the molecule is CCC(C)(C)C(=O)C(=O)N1CCCC[C@H]1C(=O)O[C@H](CCc1ccc(OC)c(OC)c1)CC(C)(C)CCC(C)(C)N1C[C@@H](SC2=C(C(=O)O)N3C(=O)[C@H]([C@@H](C)O)[C@H]3[C@H]2C)C[C@H]1[C@H](O)[C@@H]1CCNC1. The van der Waals surface area contributed by atoms with E-state index in [0.29, 0.717) is 74.4 Å². The highest BCUT2D eigenvalue weighted by molar-refractivity contribution is 8.03. The molecule has 0 radical (unpaired) electrons. The number of β-lactam (4-membered cyclic amide) rings is 1. The van der Waals surface area contributed by atoms with Crippen LogP contribution in [0.15, 0.2) is 28.8 Å². The molecule has 6 rings (SSSR count). The molecule has 1 aromatic carbocycles. The number of hydrogen-bond acceptors (Lipinski definition) is 13. The second-order valence-electron chi connectivity index (χ2n) is 22.3. The Morgan fingerprint density at radius 2 is 1.69 bits per heavy atom. The van der Waals surface area contributed by atoms with Gasteiger partial charge in [-0.1, -0.05) is 47.6 Å². The number of likely N-dealkylation sites (tertiary alicyclic amines) is 2. The first-order valence-corrected chi connectivity index (χ1v) is 25.9. The number of benzene rings is 1. The molecule has 1 aromatic rings. The standard InChI is InChI=1S/C52H80N4O11S/c1-12-51(6,7)45(59)47(61)54-24-14-13-15-36(54)49(64)67-34(18-16-32-17-19-38(65-10)39(25-32)66-11)27-50(4,5)21-22-52(8,9)55-29-35(26-37(55)43(58)33-20-23-53-28-33)68-44-30(2)41-40(31(3)57)46(60)56(41)42(44)48(62)63/h17,19,25,30-31,33-37,40-41,43,53,57-58H,12-16,18,20-24,26-29H2,1-11H3,(H,62,63)/t30-,31-,33-,34-,35+,36+,37+,40-,41-,43-/m1/s1. The van der Waals surface area contributed by atoms with Gasteiger partial charge in [0, 0.05) is 58.6 Å². The summed E-state index contributed by atoms with van der Waals surface area (Å²) in [6.45, 7) is 20.3. The van der Waals surface area contributed by atoms with Gasteiger partial charge in [-0.15, -0.1) is 11.8 Å². The van der Waals surface area contributed by atoms with E-state index in [1.54, 1.807) is 35.0 Å². The molecule has 16 heteroatoms. The molecule has 5 heterocycles. The van der Waals surface area contributed by atoms with Crippen LogP contribution in [0.4, 0.5) is 0 Å². The van der Waals surface area contributed by atoms with E-state index in [1.165, 1.54) is 21.6 Å². The van der Waals surface area contributed by atoms with E-state index < -0.39 is 70.9 Å². The Morgan fingerprint density at radius 1 is 0.985 bits per heavy atom. The molecule has 0 unspecified atom stereocenters. The van der Waals surface area contributed by atoms with Gasteiger partial charge in [-0.25, -0.2) is 9.59 Å². The van der Waals surface area contributed by atoms with Crippen LogP contribution >= 0.6 is 11.8 Å². The maximum atomic E-state index is 14.3. The number of fused-ring (bicyclic) bond motifs is 1. The Bertz CT molecular complexity index is 2050. The quantitative estimate of drug-likeness (QED) is 0.0582. The molecule has 4 N–H and O–H groups in total. The minimum atomic E-state index is -1.14. The molecule has 0 saturated carbocycles. The van der Waals surface area contributed by atoms with Crippen LogP contribution in [0.3, 0.4) is 0 Å². The number of esters is 1. The predicted molar refractivity (Wildman–Crippen MR) is 261 cm³/mol. The minimum absolute atomic E-state index is 0.0176. The summed E-state index contributed by atoms with van der Waals surface area (Å²) in [4.78, 5) is 73.2. The number of aliphatic carboxylic acids is 1. The lowest BCUT2D eigenvalue weighted by atomic mass is 9.77. The Balaban J connectivity index is 1.20. The van der Waals surface area contributed by atoms with Crippen LogP contribution in [0.1, 0.15) is 132 Å². The lowest BCUT2D eigenvalue weighted by molar-refractivity contribution is -0.165. The van der Waals surface area contributed by atoms with Gasteiger partial charge in [0.1, 0.15) is 17.8 Å². The van der Waals surface area contributed by atoms with Gasteiger partial charge in [0.25, 0.3) is 5.91 Å². The van der Waals surface area contributed by atoms with Crippen LogP contribution in [0.5, 0.6) is 11.5 Å². The second-order valence-corrected chi connectivity index (χ2v) is 23.6. The monoisotopic (exact) mass is 969 g/mol. The molecule has 2 amide bonds. The molecule has 0 bridgehead atoms. The number of methoxy groups -OCH3 is 2. The number of aliphatic hydroxyl groups excluding tert-OH is 2. The highest BCUT2D eigenvalue weighted by Gasteiger charge is 2.60. The van der Waals surface area contributed by atoms with Gasteiger partial charge in [0.2, 0.25) is 11.7 Å². The fourth-order valence-electron chi connectivity index (χ4n) is 11.4. The highest BCUT2D eigenvalue weighted by Crippen LogP contribution is 2.53. The number of ketones is 1. The minimum Gasteiger partial charge on any atom is -0.493 e. The van der Waals surface area contributed by atoms with Gasteiger partial charge >= 0.3 is 11.9 Å². The zero-order valence-corrected chi connectivity index (χ0v) is 43.3. The van der Waals surface area contributed by atoms with Crippen LogP contribution in [0.2, 0.25) is 0 Å². The van der Waals surface area contributed by atoms with E-state index in [2.05, 4.69) is 37.9 Å². The maximum absolute atomic E-state index is 14.3. The van der Waals surface area contributed by atoms with Gasteiger partial charge < -0.3 is 44.6 Å². The molecule has 4 fully saturated rings. The number of hydrogen-bond donors (Lipinski definition) is 4. The number of aliphatic hydroxyl groups is 2. The smallest absolute Gasteiger partial charge is 0.353 e. The maximum Gasteiger partial charge on any atom is 0.353 e. The van der Waals surface area contributed by atoms with E-state index in [-0.39, 0.29) is 40.1 Å². The Kier molecular flexibility index (Phi) is 17.2. The first kappa shape index (κ1) is 53.6. The Hall–Kier alpha value is -3.70. The number of carbonyl (C=O) groups is 5. The van der Waals surface area contributed by atoms with Crippen molar-refractivity contribution in [1.29, 1.82) is 0 Å². The van der Waals surface area contributed by atoms with Gasteiger partial charge in [0.15, 0.2) is 11.5 Å². The molecule has 380 valence electrons. The molecule has 0 aliphatic carbocycles. The van der Waals surface area contributed by atoms with Crippen molar-refractivity contribution in [2.75, 3.05) is 40.4 Å². The summed E-state index contributed by atoms with van der Waals surface area (Å²) in [6, 6.07) is 4.35. The molecule has 68 heavy (non-hydrogen) atoms. The van der Waals surface area contributed by atoms with Crippen molar-refractivity contribution in [2.45, 2.75) is 180 Å². The molecule has 10 atom stereocenters. The number of carboxylic acid groups (broad SMARTS) is 1. The zero-order chi connectivity index (χ0) is 50.0. The van der Waals surface area contributed by atoms with Crippen LogP contribution < -0.4 is 14.8 Å². The van der Waals surface area contributed by atoms with Gasteiger partial charge in [-0.3, -0.25) is 19.3 Å². The van der Waals surface area contributed by atoms with Crippen LogP contribution in [0, 0.1) is 28.6 Å². The van der Waals surface area contributed by atoms with E-state index in [9.17, 15) is 39.3 Å². The van der Waals surface area contributed by atoms with E-state index in [0.717, 1.165) is 44.3 Å². The summed E-state index contributed by atoms with van der Waals surface area (Å²) < 4.78 is 17.5. The first-order chi connectivity index (χ1) is 32.0. The van der Waals surface area contributed by atoms with E-state index in [4.69, 9.17) is 14.2 Å².